The third kappa shape index (κ3) is 4.74. The summed E-state index contributed by atoms with van der Waals surface area (Å²) in [6.45, 7) is 7.10. The van der Waals surface area contributed by atoms with Gasteiger partial charge in [-0.3, -0.25) is 19.5 Å². The molecule has 2 amide bonds. The van der Waals surface area contributed by atoms with Crippen molar-refractivity contribution >= 4 is 18.0 Å². The Balaban J connectivity index is 1.34. The summed E-state index contributed by atoms with van der Waals surface area (Å²) in [4.78, 5) is 36.3. The Morgan fingerprint density at radius 1 is 0.931 bits per heavy atom. The Morgan fingerprint density at radius 2 is 1.66 bits per heavy atom. The van der Waals surface area contributed by atoms with Crippen molar-refractivity contribution in [3.63, 3.8) is 0 Å². The summed E-state index contributed by atoms with van der Waals surface area (Å²) >= 11 is 0. The van der Waals surface area contributed by atoms with Crippen molar-refractivity contribution in [1.82, 2.24) is 19.7 Å². The molecule has 0 unspecified atom stereocenters. The highest BCUT2D eigenvalue weighted by molar-refractivity contribution is 5.95. The van der Waals surface area contributed by atoms with Gasteiger partial charge >= 0.3 is 0 Å². The maximum atomic E-state index is 12.8. The quantitative estimate of drug-likeness (QED) is 0.717. The molecule has 0 bridgehead atoms. The number of aromatic nitrogens is 1. The standard InChI is InChI=1S/C22H27N5O2/c28-18-25-8-12-27(13-9-25)22(29)20-14-21(16-23-15-20)26-10-6-24(7-11-26)17-19-4-2-1-3-5-19/h1-5,14-16,18H,6-13,17H2. The summed E-state index contributed by atoms with van der Waals surface area (Å²) in [6, 6.07) is 12.5. The molecule has 0 spiro atoms. The third-order valence-corrected chi connectivity index (χ3v) is 5.71. The van der Waals surface area contributed by atoms with Gasteiger partial charge in [-0.1, -0.05) is 30.3 Å². The lowest BCUT2D eigenvalue weighted by molar-refractivity contribution is -0.119. The molecule has 0 atom stereocenters. The highest BCUT2D eigenvalue weighted by Crippen LogP contribution is 2.19. The summed E-state index contributed by atoms with van der Waals surface area (Å²) in [5.41, 5.74) is 2.96. The third-order valence-electron chi connectivity index (χ3n) is 5.71. The molecule has 2 aromatic rings. The summed E-state index contributed by atoms with van der Waals surface area (Å²) in [5, 5.41) is 0. The van der Waals surface area contributed by atoms with Crippen LogP contribution in [0, 0.1) is 0 Å². The molecule has 0 saturated carbocycles. The van der Waals surface area contributed by atoms with Gasteiger partial charge in [0.25, 0.3) is 5.91 Å². The van der Waals surface area contributed by atoms with E-state index in [0.29, 0.717) is 31.7 Å². The van der Waals surface area contributed by atoms with Crippen LogP contribution in [0.2, 0.25) is 0 Å². The first-order valence-electron chi connectivity index (χ1n) is 10.2. The molecule has 3 heterocycles. The molecule has 2 aliphatic heterocycles. The van der Waals surface area contributed by atoms with E-state index in [0.717, 1.165) is 44.8 Å². The zero-order valence-electron chi connectivity index (χ0n) is 16.6. The number of benzene rings is 1. The van der Waals surface area contributed by atoms with Crippen molar-refractivity contribution < 1.29 is 9.59 Å². The van der Waals surface area contributed by atoms with Gasteiger partial charge in [0.2, 0.25) is 6.41 Å². The zero-order valence-corrected chi connectivity index (χ0v) is 16.6. The fourth-order valence-electron chi connectivity index (χ4n) is 3.94. The number of hydrogen-bond acceptors (Lipinski definition) is 5. The van der Waals surface area contributed by atoms with Gasteiger partial charge in [0.1, 0.15) is 0 Å². The lowest BCUT2D eigenvalue weighted by Crippen LogP contribution is -2.48. The van der Waals surface area contributed by atoms with Crippen LogP contribution in [0.5, 0.6) is 0 Å². The van der Waals surface area contributed by atoms with Crippen molar-refractivity contribution in [2.75, 3.05) is 57.3 Å². The zero-order chi connectivity index (χ0) is 20.1. The van der Waals surface area contributed by atoms with Gasteiger partial charge in [-0.25, -0.2) is 0 Å². The molecule has 7 nitrogen and oxygen atoms in total. The molecule has 1 aromatic carbocycles. The molecule has 29 heavy (non-hydrogen) atoms. The lowest BCUT2D eigenvalue weighted by atomic mass is 10.1. The van der Waals surface area contributed by atoms with Gasteiger partial charge in [-0.15, -0.1) is 0 Å². The number of carbonyl (C=O) groups is 2. The highest BCUT2D eigenvalue weighted by atomic mass is 16.2. The molecule has 2 fully saturated rings. The average molecular weight is 393 g/mol. The van der Waals surface area contributed by atoms with Crippen molar-refractivity contribution in [1.29, 1.82) is 0 Å². The van der Waals surface area contributed by atoms with Crippen LogP contribution in [0.4, 0.5) is 5.69 Å². The van der Waals surface area contributed by atoms with E-state index in [1.54, 1.807) is 16.0 Å². The van der Waals surface area contributed by atoms with Crippen molar-refractivity contribution in [2.24, 2.45) is 0 Å². The molecule has 0 radical (unpaired) electrons. The van der Waals surface area contributed by atoms with Gasteiger partial charge in [-0.2, -0.15) is 0 Å². The second-order valence-electron chi connectivity index (χ2n) is 7.61. The van der Waals surface area contributed by atoms with E-state index in [2.05, 4.69) is 39.0 Å². The van der Waals surface area contributed by atoms with Crippen LogP contribution in [0.1, 0.15) is 15.9 Å². The van der Waals surface area contributed by atoms with Gasteiger partial charge < -0.3 is 14.7 Å². The van der Waals surface area contributed by atoms with E-state index in [4.69, 9.17) is 0 Å². The second kappa shape index (κ2) is 9.05. The first-order chi connectivity index (χ1) is 14.2. The van der Waals surface area contributed by atoms with Crippen LogP contribution in [0.15, 0.2) is 48.8 Å². The Bertz CT molecular complexity index is 828. The van der Waals surface area contributed by atoms with Gasteiger partial charge in [0, 0.05) is 65.1 Å². The molecule has 0 aliphatic carbocycles. The van der Waals surface area contributed by atoms with Crippen LogP contribution in [0.25, 0.3) is 0 Å². The van der Waals surface area contributed by atoms with Crippen LogP contribution in [0.3, 0.4) is 0 Å². The SMILES string of the molecule is O=CN1CCN(C(=O)c2cncc(N3CCN(Cc4ccccc4)CC3)c2)CC1. The van der Waals surface area contributed by atoms with Crippen molar-refractivity contribution in [2.45, 2.75) is 6.54 Å². The number of hydrogen-bond donors (Lipinski definition) is 0. The van der Waals surface area contributed by atoms with E-state index < -0.39 is 0 Å². The summed E-state index contributed by atoms with van der Waals surface area (Å²) in [7, 11) is 0. The summed E-state index contributed by atoms with van der Waals surface area (Å²) in [5.74, 6) is -0.00684. The predicted molar refractivity (Wildman–Crippen MR) is 112 cm³/mol. The van der Waals surface area contributed by atoms with Crippen molar-refractivity contribution in [3.05, 3.63) is 59.9 Å². The molecule has 4 rings (SSSR count). The number of piperazine rings is 2. The molecule has 7 heteroatoms. The van der Waals surface area contributed by atoms with E-state index >= 15 is 0 Å². The first kappa shape index (κ1) is 19.4. The van der Waals surface area contributed by atoms with Crippen LogP contribution in [-0.2, 0) is 11.3 Å². The van der Waals surface area contributed by atoms with E-state index in [1.165, 1.54) is 5.56 Å². The molecular weight excluding hydrogens is 366 g/mol. The molecule has 0 N–H and O–H groups in total. The Kier molecular flexibility index (Phi) is 6.05. The minimum atomic E-state index is -0.00684. The molecule has 152 valence electrons. The summed E-state index contributed by atoms with van der Waals surface area (Å²) < 4.78 is 0. The molecule has 2 aliphatic rings. The second-order valence-corrected chi connectivity index (χ2v) is 7.61. The number of amides is 2. The Morgan fingerprint density at radius 3 is 2.34 bits per heavy atom. The smallest absolute Gasteiger partial charge is 0.255 e. The normalized spacial score (nSPS) is 18.0. The Hall–Kier alpha value is -2.93. The van der Waals surface area contributed by atoms with Gasteiger partial charge in [0.05, 0.1) is 17.4 Å². The first-order valence-corrected chi connectivity index (χ1v) is 10.2. The number of nitrogens with zero attached hydrogens (tertiary/aromatic N) is 5. The number of carbonyl (C=O) groups excluding carboxylic acids is 2. The monoisotopic (exact) mass is 393 g/mol. The minimum Gasteiger partial charge on any atom is -0.368 e. The van der Waals surface area contributed by atoms with E-state index in [9.17, 15) is 9.59 Å². The fraction of sp³-hybridized carbons (Fsp3) is 0.409. The molecule has 1 aromatic heterocycles. The topological polar surface area (TPSA) is 60.0 Å². The van der Waals surface area contributed by atoms with Crippen molar-refractivity contribution in [3.8, 4) is 0 Å². The fourth-order valence-corrected chi connectivity index (χ4v) is 3.94. The molecular formula is C22H27N5O2. The maximum Gasteiger partial charge on any atom is 0.255 e. The van der Waals surface area contributed by atoms with E-state index in [1.807, 2.05) is 18.3 Å². The number of pyridine rings is 1. The molecule has 2 saturated heterocycles. The highest BCUT2D eigenvalue weighted by Gasteiger charge is 2.23. The Labute approximate surface area is 171 Å². The predicted octanol–water partition coefficient (Wildman–Crippen LogP) is 1.32. The largest absolute Gasteiger partial charge is 0.368 e. The lowest BCUT2D eigenvalue weighted by Gasteiger charge is -2.36. The van der Waals surface area contributed by atoms with Gasteiger partial charge in [0.15, 0.2) is 0 Å². The van der Waals surface area contributed by atoms with Crippen LogP contribution < -0.4 is 4.90 Å². The minimum absolute atomic E-state index is 0.00684. The van der Waals surface area contributed by atoms with Crippen LogP contribution >= 0.6 is 0 Å². The van der Waals surface area contributed by atoms with Crippen LogP contribution in [-0.4, -0.2) is 84.4 Å². The maximum absolute atomic E-state index is 12.8. The number of anilines is 1. The summed E-state index contributed by atoms with van der Waals surface area (Å²) in [6.07, 6.45) is 4.33. The number of rotatable bonds is 5. The van der Waals surface area contributed by atoms with E-state index in [-0.39, 0.29) is 5.91 Å². The van der Waals surface area contributed by atoms with Gasteiger partial charge in [-0.05, 0) is 11.6 Å². The average Bonchev–Trinajstić information content (AvgIpc) is 2.80.